The van der Waals surface area contributed by atoms with E-state index in [4.69, 9.17) is 4.98 Å². The summed E-state index contributed by atoms with van der Waals surface area (Å²) >= 11 is 2.47. The Morgan fingerprint density at radius 2 is 1.61 bits per heavy atom. The third kappa shape index (κ3) is 6.50. The molecule has 0 radical (unpaired) electrons. The summed E-state index contributed by atoms with van der Waals surface area (Å²) in [7, 11) is 0. The molecule has 2 aromatic heterocycles. The molecule has 1 N–H and O–H groups in total. The number of hydrogen-bond acceptors (Lipinski definition) is 9. The minimum atomic E-state index is -0.278. The molecule has 0 aliphatic carbocycles. The van der Waals surface area contributed by atoms with E-state index in [1.54, 1.807) is 12.1 Å². The van der Waals surface area contributed by atoms with Crippen LogP contribution in [0.25, 0.3) is 11.3 Å². The zero-order valence-electron chi connectivity index (χ0n) is 22.5. The van der Waals surface area contributed by atoms with Crippen molar-refractivity contribution in [2.75, 3.05) is 71.8 Å². The van der Waals surface area contributed by atoms with Crippen molar-refractivity contribution in [2.45, 2.75) is 27.7 Å². The molecule has 3 aromatic rings. The van der Waals surface area contributed by atoms with Gasteiger partial charge >= 0.3 is 5.24 Å². The van der Waals surface area contributed by atoms with Gasteiger partial charge in [0.1, 0.15) is 11.6 Å². The van der Waals surface area contributed by atoms with E-state index in [0.717, 1.165) is 79.8 Å². The van der Waals surface area contributed by atoms with Gasteiger partial charge in [0.2, 0.25) is 0 Å². The number of amides is 1. The van der Waals surface area contributed by atoms with Crippen molar-refractivity contribution in [1.82, 2.24) is 14.9 Å². The molecule has 1 aliphatic heterocycles. The average molecular weight is 558 g/mol. The number of carbonyl (C=O) groups excluding carboxylic acids is 1. The van der Waals surface area contributed by atoms with E-state index in [0.29, 0.717) is 18.2 Å². The summed E-state index contributed by atoms with van der Waals surface area (Å²) in [6.07, 6.45) is 0. The van der Waals surface area contributed by atoms with Crippen molar-refractivity contribution in [3.63, 3.8) is 0 Å². The molecule has 0 unspecified atom stereocenters. The van der Waals surface area contributed by atoms with E-state index >= 15 is 0 Å². The Balaban J connectivity index is 1.37. The lowest BCUT2D eigenvalue weighted by atomic mass is 10.2. The summed E-state index contributed by atoms with van der Waals surface area (Å²) in [6, 6.07) is 10.5. The number of aromatic nitrogens is 2. The molecule has 38 heavy (non-hydrogen) atoms. The minimum absolute atomic E-state index is 0.0306. The molecule has 0 atom stereocenters. The van der Waals surface area contributed by atoms with Gasteiger partial charge in [-0.3, -0.25) is 9.52 Å². The lowest BCUT2D eigenvalue weighted by molar-refractivity contribution is 0.219. The van der Waals surface area contributed by atoms with Crippen LogP contribution in [0.5, 0.6) is 0 Å². The molecule has 204 valence electrons. The molecule has 1 saturated heterocycles. The number of anilines is 4. The first-order valence-corrected chi connectivity index (χ1v) is 14.9. The molecule has 1 fully saturated rings. The molecular weight excluding hydrogens is 521 g/mol. The zero-order chi connectivity index (χ0) is 27.1. The van der Waals surface area contributed by atoms with Crippen molar-refractivity contribution in [3.05, 3.63) is 47.6 Å². The number of nitrogens with zero attached hydrogens (tertiary/aromatic N) is 6. The number of pyridine rings is 1. The average Bonchev–Trinajstić information content (AvgIpc) is 3.43. The van der Waals surface area contributed by atoms with Crippen LogP contribution in [-0.2, 0) is 0 Å². The van der Waals surface area contributed by atoms with E-state index in [1.807, 2.05) is 10.3 Å². The molecule has 1 aromatic carbocycles. The first-order chi connectivity index (χ1) is 18.5. The van der Waals surface area contributed by atoms with Gasteiger partial charge in [0.25, 0.3) is 0 Å². The lowest BCUT2D eigenvalue weighted by Crippen LogP contribution is -2.48. The first-order valence-electron chi connectivity index (χ1n) is 13.2. The fourth-order valence-corrected chi connectivity index (χ4v) is 5.94. The van der Waals surface area contributed by atoms with E-state index in [2.05, 4.69) is 64.2 Å². The summed E-state index contributed by atoms with van der Waals surface area (Å²) in [5.74, 6) is 1.70. The van der Waals surface area contributed by atoms with Gasteiger partial charge in [-0.1, -0.05) is 0 Å². The molecule has 1 amide bonds. The predicted molar refractivity (Wildman–Crippen MR) is 159 cm³/mol. The second-order valence-corrected chi connectivity index (χ2v) is 10.5. The zero-order valence-corrected chi connectivity index (χ0v) is 24.1. The van der Waals surface area contributed by atoms with Crippen LogP contribution in [0, 0.1) is 5.82 Å². The number of nitrogens with one attached hydrogen (secondary N) is 1. The van der Waals surface area contributed by atoms with Gasteiger partial charge in [-0.2, -0.15) is 0 Å². The Kier molecular flexibility index (Phi) is 9.68. The second kappa shape index (κ2) is 13.1. The molecule has 11 heteroatoms. The number of piperazine rings is 1. The van der Waals surface area contributed by atoms with Crippen LogP contribution in [0.1, 0.15) is 27.7 Å². The molecule has 0 bridgehead atoms. The summed E-state index contributed by atoms with van der Waals surface area (Å²) in [5.41, 5.74) is 2.73. The lowest BCUT2D eigenvalue weighted by Gasteiger charge is -2.37. The quantitative estimate of drug-likeness (QED) is 0.303. The van der Waals surface area contributed by atoms with Gasteiger partial charge in [0, 0.05) is 75.2 Å². The van der Waals surface area contributed by atoms with Gasteiger partial charge in [-0.15, -0.1) is 11.3 Å². The number of halogens is 1. The Hall–Kier alpha value is -3.05. The molecule has 8 nitrogen and oxygen atoms in total. The predicted octanol–water partition coefficient (Wildman–Crippen LogP) is 6.04. The maximum atomic E-state index is 13.2. The standard InChI is InChI=1S/C27H36FN7OS2/c1-5-32(6-2)23-13-14-24(33(7-3)8-4)30-25(23)34-15-17-35(18-16-34)27(36)38-31-26-29-22(19-37-26)20-9-11-21(28)12-10-20/h9-14,19H,5-8,15-18H2,1-4H3,(H,29,31). The number of carbonyl (C=O) groups is 1. The maximum absolute atomic E-state index is 13.2. The SMILES string of the molecule is CCN(CC)c1ccc(N(CC)CC)c(N2CCN(C(=O)SNc3nc(-c4ccc(F)cc4)cs3)CC2)n1. The van der Waals surface area contributed by atoms with Crippen LogP contribution in [-0.4, -0.2) is 72.5 Å². The highest BCUT2D eigenvalue weighted by Gasteiger charge is 2.26. The summed E-state index contributed by atoms with van der Waals surface area (Å²) in [5, 5.41) is 2.51. The molecule has 1 aliphatic rings. The minimum Gasteiger partial charge on any atom is -0.369 e. The van der Waals surface area contributed by atoms with Crippen molar-refractivity contribution >= 4 is 51.0 Å². The van der Waals surface area contributed by atoms with E-state index in [9.17, 15) is 9.18 Å². The summed E-state index contributed by atoms with van der Waals surface area (Å²) in [4.78, 5) is 31.3. The van der Waals surface area contributed by atoms with Crippen LogP contribution in [0.15, 0.2) is 41.8 Å². The molecule has 4 rings (SSSR count). The highest BCUT2D eigenvalue weighted by atomic mass is 32.2. The number of benzene rings is 1. The van der Waals surface area contributed by atoms with Gasteiger partial charge < -0.3 is 19.6 Å². The van der Waals surface area contributed by atoms with Crippen LogP contribution >= 0.6 is 23.3 Å². The van der Waals surface area contributed by atoms with Crippen LogP contribution < -0.4 is 19.4 Å². The Morgan fingerprint density at radius 1 is 0.947 bits per heavy atom. The van der Waals surface area contributed by atoms with Crippen LogP contribution in [0.2, 0.25) is 0 Å². The molecular formula is C27H36FN7OS2. The Bertz CT molecular complexity index is 1190. The second-order valence-electron chi connectivity index (χ2n) is 8.85. The van der Waals surface area contributed by atoms with Crippen molar-refractivity contribution in [1.29, 1.82) is 0 Å². The summed E-state index contributed by atoms with van der Waals surface area (Å²) < 4.78 is 16.3. The highest BCUT2D eigenvalue weighted by molar-refractivity contribution is 8.14. The molecule has 0 saturated carbocycles. The molecule has 0 spiro atoms. The normalized spacial score (nSPS) is 13.5. The number of thiazole rings is 1. The van der Waals surface area contributed by atoms with E-state index < -0.39 is 0 Å². The smallest absolute Gasteiger partial charge is 0.302 e. The molecule has 3 heterocycles. The van der Waals surface area contributed by atoms with Gasteiger partial charge in [0.15, 0.2) is 10.9 Å². The Morgan fingerprint density at radius 3 is 2.24 bits per heavy atom. The topological polar surface area (TPSA) is 67.8 Å². The van der Waals surface area contributed by atoms with Gasteiger partial charge in [-0.05, 0) is 64.1 Å². The van der Waals surface area contributed by atoms with Crippen molar-refractivity contribution in [2.24, 2.45) is 0 Å². The summed E-state index contributed by atoms with van der Waals surface area (Å²) in [6.45, 7) is 15.0. The number of hydrogen-bond donors (Lipinski definition) is 1. The van der Waals surface area contributed by atoms with E-state index in [1.165, 1.54) is 23.5 Å². The van der Waals surface area contributed by atoms with E-state index in [-0.39, 0.29) is 11.1 Å². The van der Waals surface area contributed by atoms with Crippen molar-refractivity contribution < 1.29 is 9.18 Å². The number of rotatable bonds is 10. The van der Waals surface area contributed by atoms with Crippen LogP contribution in [0.3, 0.4) is 0 Å². The fraction of sp³-hybridized carbons (Fsp3) is 0.444. The fourth-order valence-electron chi connectivity index (χ4n) is 4.53. The largest absolute Gasteiger partial charge is 0.369 e. The van der Waals surface area contributed by atoms with Crippen LogP contribution in [0.4, 0.5) is 31.6 Å². The third-order valence-electron chi connectivity index (χ3n) is 6.74. The third-order valence-corrected chi connectivity index (χ3v) is 8.35. The van der Waals surface area contributed by atoms with Crippen molar-refractivity contribution in [3.8, 4) is 11.3 Å². The van der Waals surface area contributed by atoms with Gasteiger partial charge in [-0.25, -0.2) is 14.4 Å². The Labute approximate surface area is 233 Å². The maximum Gasteiger partial charge on any atom is 0.302 e. The highest BCUT2D eigenvalue weighted by Crippen LogP contribution is 2.32. The van der Waals surface area contributed by atoms with Gasteiger partial charge in [0.05, 0.1) is 11.4 Å². The monoisotopic (exact) mass is 557 g/mol. The first kappa shape index (κ1) is 28.0.